The largest absolute Gasteiger partial charge is 0.360 e. The molecule has 0 bridgehead atoms. The Hall–Kier alpha value is -2.56. The molecule has 8 nitrogen and oxygen atoms in total. The fourth-order valence-electron chi connectivity index (χ4n) is 2.57. The molecule has 0 aliphatic carbocycles. The summed E-state index contributed by atoms with van der Waals surface area (Å²) in [6, 6.07) is 11.1. The van der Waals surface area contributed by atoms with Crippen LogP contribution in [0.3, 0.4) is 0 Å². The van der Waals surface area contributed by atoms with Gasteiger partial charge in [-0.05, 0) is 31.2 Å². The quantitative estimate of drug-likeness (QED) is 0.526. The Balaban J connectivity index is 2.03. The van der Waals surface area contributed by atoms with Crippen molar-refractivity contribution < 1.29 is 13.3 Å². The zero-order chi connectivity index (χ0) is 19.1. The summed E-state index contributed by atoms with van der Waals surface area (Å²) in [5.41, 5.74) is 0.827. The summed E-state index contributed by atoms with van der Waals surface area (Å²) >= 11 is 1.51. The summed E-state index contributed by atoms with van der Waals surface area (Å²) in [5, 5.41) is 17.3. The van der Waals surface area contributed by atoms with Crippen LogP contribution in [0.4, 0.5) is 11.4 Å². The molecule has 0 aliphatic heterocycles. The lowest BCUT2D eigenvalue weighted by Crippen LogP contribution is -2.23. The topological polar surface area (TPSA) is 119 Å². The van der Waals surface area contributed by atoms with E-state index in [2.05, 4.69) is 4.98 Å². The van der Waals surface area contributed by atoms with Gasteiger partial charge in [-0.25, -0.2) is 18.5 Å². The van der Waals surface area contributed by atoms with Crippen LogP contribution in [0.1, 0.15) is 18.0 Å². The van der Waals surface area contributed by atoms with Crippen LogP contribution in [0.25, 0.3) is 10.2 Å². The lowest BCUT2D eigenvalue weighted by Gasteiger charge is -2.25. The van der Waals surface area contributed by atoms with Crippen molar-refractivity contribution in [2.75, 3.05) is 11.9 Å². The molecule has 0 spiro atoms. The SMILES string of the molecule is C[C@H](c1nc2ccccc2s1)N(C)c1ccc(S(N)(=O)=O)cc1[N+](=O)[O-]. The Bertz CT molecular complexity index is 1060. The minimum absolute atomic E-state index is 0.244. The molecule has 0 saturated carbocycles. The number of para-hydroxylation sites is 1. The highest BCUT2D eigenvalue weighted by Gasteiger charge is 2.25. The number of benzene rings is 2. The second-order valence-corrected chi connectivity index (χ2v) is 8.38. The van der Waals surface area contributed by atoms with E-state index >= 15 is 0 Å². The van der Waals surface area contributed by atoms with Crippen LogP contribution in [-0.2, 0) is 10.0 Å². The van der Waals surface area contributed by atoms with Crippen molar-refractivity contribution in [3.05, 3.63) is 57.6 Å². The first-order valence-corrected chi connectivity index (χ1v) is 9.94. The summed E-state index contributed by atoms with van der Waals surface area (Å²) in [6.45, 7) is 1.88. The number of nitro groups is 1. The number of rotatable bonds is 5. The Labute approximate surface area is 154 Å². The maximum absolute atomic E-state index is 11.5. The van der Waals surface area contributed by atoms with E-state index in [-0.39, 0.29) is 22.3 Å². The van der Waals surface area contributed by atoms with Crippen molar-refractivity contribution in [1.29, 1.82) is 0 Å². The molecular weight excluding hydrogens is 376 g/mol. The van der Waals surface area contributed by atoms with Gasteiger partial charge in [0.25, 0.3) is 5.69 Å². The lowest BCUT2D eigenvalue weighted by atomic mass is 10.2. The van der Waals surface area contributed by atoms with Crippen molar-refractivity contribution in [3.63, 3.8) is 0 Å². The van der Waals surface area contributed by atoms with E-state index in [0.717, 1.165) is 21.3 Å². The fourth-order valence-corrected chi connectivity index (χ4v) is 4.16. The molecule has 3 aromatic rings. The molecule has 0 amide bonds. The van der Waals surface area contributed by atoms with Crippen LogP contribution in [0.15, 0.2) is 47.4 Å². The number of anilines is 1. The third-order valence-electron chi connectivity index (χ3n) is 4.10. The molecule has 0 aliphatic rings. The van der Waals surface area contributed by atoms with Gasteiger partial charge in [-0.1, -0.05) is 12.1 Å². The number of hydrogen-bond donors (Lipinski definition) is 1. The van der Waals surface area contributed by atoms with Crippen molar-refractivity contribution in [2.45, 2.75) is 17.9 Å². The number of hydrogen-bond acceptors (Lipinski definition) is 7. The van der Waals surface area contributed by atoms with E-state index in [4.69, 9.17) is 5.14 Å². The minimum atomic E-state index is -4.02. The summed E-state index contributed by atoms with van der Waals surface area (Å²) in [4.78, 5) is 16.8. The number of nitrogens with two attached hydrogens (primary N) is 1. The van der Waals surface area contributed by atoms with Crippen LogP contribution in [-0.4, -0.2) is 25.4 Å². The van der Waals surface area contributed by atoms with Gasteiger partial charge in [0, 0.05) is 13.1 Å². The van der Waals surface area contributed by atoms with Crippen molar-refractivity contribution in [3.8, 4) is 0 Å². The first kappa shape index (κ1) is 18.2. The van der Waals surface area contributed by atoms with Gasteiger partial charge in [0.05, 0.1) is 26.1 Å². The predicted octanol–water partition coefficient (Wildman–Crippen LogP) is 3.05. The summed E-state index contributed by atoms with van der Waals surface area (Å²) in [7, 11) is -2.32. The molecule has 1 heterocycles. The van der Waals surface area contributed by atoms with Gasteiger partial charge >= 0.3 is 0 Å². The highest BCUT2D eigenvalue weighted by atomic mass is 32.2. The summed E-state index contributed by atoms with van der Waals surface area (Å²) < 4.78 is 24.0. The number of nitrogens with zero attached hydrogens (tertiary/aromatic N) is 3. The lowest BCUT2D eigenvalue weighted by molar-refractivity contribution is -0.384. The molecule has 26 heavy (non-hydrogen) atoms. The van der Waals surface area contributed by atoms with Gasteiger partial charge in [-0.15, -0.1) is 11.3 Å². The first-order valence-electron chi connectivity index (χ1n) is 7.58. The van der Waals surface area contributed by atoms with E-state index in [9.17, 15) is 18.5 Å². The van der Waals surface area contributed by atoms with Gasteiger partial charge in [-0.2, -0.15) is 0 Å². The van der Waals surface area contributed by atoms with E-state index in [0.29, 0.717) is 0 Å². The van der Waals surface area contributed by atoms with Crippen molar-refractivity contribution in [2.24, 2.45) is 5.14 Å². The molecule has 1 aromatic heterocycles. The molecule has 0 saturated heterocycles. The van der Waals surface area contributed by atoms with Crippen LogP contribution in [0.2, 0.25) is 0 Å². The average Bonchev–Trinajstić information content (AvgIpc) is 3.03. The molecule has 1 atom stereocenters. The maximum Gasteiger partial charge on any atom is 0.293 e. The zero-order valence-corrected chi connectivity index (χ0v) is 15.6. The van der Waals surface area contributed by atoms with Crippen LogP contribution in [0, 0.1) is 10.1 Å². The molecule has 10 heteroatoms. The zero-order valence-electron chi connectivity index (χ0n) is 14.0. The molecule has 2 N–H and O–H groups in total. The first-order chi connectivity index (χ1) is 12.2. The van der Waals surface area contributed by atoms with Gasteiger partial charge < -0.3 is 4.90 Å². The Kier molecular flexibility index (Phi) is 4.65. The van der Waals surface area contributed by atoms with Gasteiger partial charge in [0.15, 0.2) is 0 Å². The standard InChI is InChI=1S/C16H16N4O4S2/c1-10(16-18-12-5-3-4-6-15(12)25-16)19(2)13-8-7-11(26(17,23)24)9-14(13)20(21)22/h3-10H,1-2H3,(H2,17,23,24)/t10-/m1/s1. The third kappa shape index (κ3) is 3.39. The minimum Gasteiger partial charge on any atom is -0.360 e. The fraction of sp³-hybridized carbons (Fsp3) is 0.188. The number of primary sulfonamides is 1. The van der Waals surface area contributed by atoms with Gasteiger partial charge in [0.2, 0.25) is 10.0 Å². The molecule has 0 unspecified atom stereocenters. The summed E-state index contributed by atoms with van der Waals surface area (Å²) in [6.07, 6.45) is 0. The smallest absolute Gasteiger partial charge is 0.293 e. The molecule has 136 valence electrons. The third-order valence-corrected chi connectivity index (χ3v) is 6.22. The highest BCUT2D eigenvalue weighted by molar-refractivity contribution is 7.89. The van der Waals surface area contributed by atoms with Crippen molar-refractivity contribution in [1.82, 2.24) is 4.98 Å². The second kappa shape index (κ2) is 6.63. The highest BCUT2D eigenvalue weighted by Crippen LogP contribution is 2.36. The Morgan fingerprint density at radius 3 is 2.58 bits per heavy atom. The van der Waals surface area contributed by atoms with Gasteiger partial charge in [0.1, 0.15) is 10.7 Å². The van der Waals surface area contributed by atoms with E-state index in [1.807, 2.05) is 31.2 Å². The molecule has 2 aromatic carbocycles. The maximum atomic E-state index is 11.5. The van der Waals surface area contributed by atoms with Gasteiger partial charge in [-0.3, -0.25) is 10.1 Å². The van der Waals surface area contributed by atoms with Crippen LogP contribution in [0.5, 0.6) is 0 Å². The second-order valence-electron chi connectivity index (χ2n) is 5.76. The van der Waals surface area contributed by atoms with Crippen LogP contribution < -0.4 is 10.0 Å². The van der Waals surface area contributed by atoms with E-state index in [1.54, 1.807) is 11.9 Å². The molecular formula is C16H16N4O4S2. The Morgan fingerprint density at radius 1 is 1.27 bits per heavy atom. The average molecular weight is 392 g/mol. The molecule has 3 rings (SSSR count). The Morgan fingerprint density at radius 2 is 1.96 bits per heavy atom. The van der Waals surface area contributed by atoms with Crippen LogP contribution >= 0.6 is 11.3 Å². The number of nitro benzene ring substituents is 1. The number of thiazole rings is 1. The number of aromatic nitrogens is 1. The normalized spacial score (nSPS) is 12.9. The molecule has 0 radical (unpaired) electrons. The van der Waals surface area contributed by atoms with E-state index in [1.165, 1.54) is 23.5 Å². The number of fused-ring (bicyclic) bond motifs is 1. The molecule has 0 fully saturated rings. The van der Waals surface area contributed by atoms with Crippen molar-refractivity contribution >= 4 is 43.0 Å². The van der Waals surface area contributed by atoms with E-state index < -0.39 is 14.9 Å². The monoisotopic (exact) mass is 392 g/mol. The summed E-state index contributed by atoms with van der Waals surface area (Å²) in [5.74, 6) is 0. The predicted molar refractivity (Wildman–Crippen MR) is 101 cm³/mol. The number of sulfonamides is 1.